The minimum Gasteiger partial charge on any atom is -0.870 e. The van der Waals surface area contributed by atoms with Crippen LogP contribution in [0, 0.1) is 0 Å². The van der Waals surface area contributed by atoms with Crippen molar-refractivity contribution in [1.82, 2.24) is 19.6 Å². The van der Waals surface area contributed by atoms with Crippen LogP contribution >= 0.6 is 92.9 Å². The number of hydrogen-bond donors (Lipinski definition) is 0. The predicted molar refractivity (Wildman–Crippen MR) is 436 cm³/mol. The summed E-state index contributed by atoms with van der Waals surface area (Å²) in [5.41, 5.74) is 14.9. The zero-order valence-corrected chi connectivity index (χ0v) is 71.7. The molecule has 10 atom stereocenters. The molecule has 6 aromatic rings. The molecule has 23 heteroatoms. The van der Waals surface area contributed by atoms with Gasteiger partial charge in [-0.25, -0.2) is 0 Å². The zero-order chi connectivity index (χ0) is 72.6. The average Bonchev–Trinajstić information content (AvgIpc) is 0.837. The third-order valence-corrected chi connectivity index (χ3v) is 22.4. The van der Waals surface area contributed by atoms with Crippen molar-refractivity contribution < 1.29 is 72.7 Å². The Balaban J connectivity index is 0.000000511. The molecule has 6 aromatic carbocycles. The first-order valence-electron chi connectivity index (χ1n) is 36.1. The van der Waals surface area contributed by atoms with E-state index in [1.165, 1.54) is 38.9 Å². The fourth-order valence-electron chi connectivity index (χ4n) is 13.5. The maximum Gasteiger partial charge on any atom is 1.00 e. The minimum absolute atomic E-state index is 0. The van der Waals surface area contributed by atoms with E-state index in [4.69, 9.17) is 81.3 Å². The molecule has 10 unspecified atom stereocenters. The Morgan fingerprint density at radius 1 is 0.359 bits per heavy atom. The largest absolute Gasteiger partial charge is 1.00 e. The van der Waals surface area contributed by atoms with E-state index in [2.05, 4.69) is 197 Å². The topological polar surface area (TPSA) is 140 Å². The van der Waals surface area contributed by atoms with Gasteiger partial charge in [0.1, 0.15) is 0 Å². The molecule has 1 saturated heterocycles. The summed E-state index contributed by atoms with van der Waals surface area (Å²) in [6.45, 7) is 19.2. The van der Waals surface area contributed by atoms with E-state index in [0.29, 0.717) is 148 Å². The summed E-state index contributed by atoms with van der Waals surface area (Å²) in [5, 5.41) is 0. The molecule has 7 rings (SSSR count). The first-order valence-corrected chi connectivity index (χ1v) is 44.2. The van der Waals surface area contributed by atoms with Crippen LogP contribution in [-0.4, -0.2) is 148 Å². The number of rotatable bonds is 38. The molecule has 1 aliphatic heterocycles. The van der Waals surface area contributed by atoms with Crippen molar-refractivity contribution in [1.29, 1.82) is 0 Å². The van der Waals surface area contributed by atoms with Crippen LogP contribution in [0.5, 0.6) is 0 Å². The van der Waals surface area contributed by atoms with Gasteiger partial charge in [-0.3, -0.25) is 34.0 Å². The molecule has 13 nitrogen and oxygen atoms in total. The summed E-state index contributed by atoms with van der Waals surface area (Å²) in [6.07, 6.45) is 7.75. The molecule has 103 heavy (non-hydrogen) atoms. The summed E-state index contributed by atoms with van der Waals surface area (Å²) in [4.78, 5) is 46.9. The van der Waals surface area contributed by atoms with Gasteiger partial charge in [0.25, 0.3) is 0 Å². The maximum atomic E-state index is 12.8. The Morgan fingerprint density at radius 3 is 0.845 bits per heavy atom. The van der Waals surface area contributed by atoms with E-state index in [-0.39, 0.29) is 78.5 Å². The van der Waals surface area contributed by atoms with Crippen LogP contribution in [0.3, 0.4) is 0 Å². The van der Waals surface area contributed by atoms with Gasteiger partial charge >= 0.3 is 47.5 Å². The fourth-order valence-corrected chi connectivity index (χ4v) is 15.5. The monoisotopic (exact) mass is 1590 g/mol. The van der Waals surface area contributed by atoms with E-state index in [1.807, 2.05) is 20.8 Å². The molecule has 1 N–H and O–H groups in total. The first-order chi connectivity index (χ1) is 49.2. The number of benzene rings is 6. The summed E-state index contributed by atoms with van der Waals surface area (Å²) < 4.78 is 28.1. The van der Waals surface area contributed by atoms with Gasteiger partial charge in [0.05, 0.1) is 52.7 Å². The van der Waals surface area contributed by atoms with Gasteiger partial charge in [-0.15, -0.1) is 58.0 Å². The smallest absolute Gasteiger partial charge is 0.870 e. The van der Waals surface area contributed by atoms with Crippen LogP contribution < -0.4 is 29.6 Å². The van der Waals surface area contributed by atoms with Crippen LogP contribution in [0.25, 0.3) is 0 Å². The number of halogens is 5. The van der Waals surface area contributed by atoms with Crippen molar-refractivity contribution in [3.8, 4) is 0 Å². The standard InChI is InChI=1S/C51H76Cl2N4O7P2.C29H35Cl3OP2.Na.H2O/c1-5-43(31-47(45-17-11-40(33-52)12-18-45)32-48(39-64-66-65)46-19-13-41(34-53)14-20-46)44-21-15-42(16-22-44)35-54-23-9-24-56(37-50(59)62-7-3)29-30-57(38-51(60)63-8-4)26-10-25-55(28-27-54)36-49(58)61-6-2;1-2-24(25-9-3-21(17-30)4-10-25)15-28(26-11-5-22(18-31)6-12-26)16-29(20-33-35-34)27-13-7-23(19-32)8-14-27;;/h11-22,43,47-48,66H,5-10,23-39,65H2,1-4H3;3-14,24,28-29,35H,2,15-20,34H2,1H3;;1H2/q;;+1;/p-1. The van der Waals surface area contributed by atoms with Crippen LogP contribution in [0.15, 0.2) is 146 Å². The molecule has 0 radical (unpaired) electrons. The third kappa shape index (κ3) is 34.2. The third-order valence-electron chi connectivity index (χ3n) is 19.2. The zero-order valence-electron chi connectivity index (χ0n) is 61.6. The molecule has 0 aromatic heterocycles. The van der Waals surface area contributed by atoms with Gasteiger partial charge in [-0.1, -0.05) is 177 Å². The second-order valence-corrected chi connectivity index (χ2v) is 29.9. The second kappa shape index (κ2) is 54.3. The minimum atomic E-state index is -0.266. The number of ether oxygens (including phenoxy) is 3. The van der Waals surface area contributed by atoms with Crippen molar-refractivity contribution in [2.75, 3.05) is 105 Å². The summed E-state index contributed by atoms with van der Waals surface area (Å²) >= 11 is 30.5. The predicted octanol–water partition coefficient (Wildman–Crippen LogP) is 16.6. The normalized spacial score (nSPS) is 15.7. The van der Waals surface area contributed by atoms with Crippen LogP contribution in [0.2, 0.25) is 0 Å². The number of esters is 3. The molecule has 0 saturated carbocycles. The molecule has 1 aliphatic rings. The maximum absolute atomic E-state index is 12.8. The quantitative estimate of drug-likeness (QED) is 0.0119. The van der Waals surface area contributed by atoms with E-state index >= 15 is 0 Å². The number of nitrogens with zero attached hydrogens (tertiary/aromatic N) is 4. The van der Waals surface area contributed by atoms with Crippen molar-refractivity contribution in [2.24, 2.45) is 0 Å². The first kappa shape index (κ1) is 93.0. The van der Waals surface area contributed by atoms with E-state index in [1.54, 1.807) is 0 Å². The molecular formula is C80H112Cl5N4NaO9P4. The molecule has 0 spiro atoms. The van der Waals surface area contributed by atoms with Gasteiger partial charge in [0, 0.05) is 111 Å². The Morgan fingerprint density at radius 2 is 0.592 bits per heavy atom. The molecule has 1 heterocycles. The van der Waals surface area contributed by atoms with Crippen LogP contribution in [-0.2, 0) is 73.6 Å². The van der Waals surface area contributed by atoms with Gasteiger partial charge in [0.15, 0.2) is 0 Å². The molecule has 0 aliphatic carbocycles. The average molecular weight is 1600 g/mol. The molecule has 0 bridgehead atoms. The Hall–Kier alpha value is -2.38. The number of hydrogen-bond acceptors (Lipinski definition) is 13. The van der Waals surface area contributed by atoms with Crippen LogP contribution in [0.1, 0.15) is 188 Å². The van der Waals surface area contributed by atoms with E-state index in [0.717, 1.165) is 98.8 Å². The fraction of sp³-hybridized carbons (Fsp3) is 0.512. The molecule has 0 amide bonds. The second-order valence-electron chi connectivity index (χ2n) is 26.1. The van der Waals surface area contributed by atoms with Gasteiger partial charge in [-0.2, -0.15) is 0 Å². The Kier molecular flexibility index (Phi) is 49.0. The number of alkyl halides is 5. The molecule has 1 fully saturated rings. The summed E-state index contributed by atoms with van der Waals surface area (Å²) in [6, 6.07) is 53.1. The van der Waals surface area contributed by atoms with Gasteiger partial charge < -0.3 is 28.7 Å². The van der Waals surface area contributed by atoms with Crippen molar-refractivity contribution in [3.05, 3.63) is 212 Å². The molecule has 562 valence electrons. The van der Waals surface area contributed by atoms with Crippen LogP contribution in [0.4, 0.5) is 0 Å². The Bertz CT molecular complexity index is 3260. The van der Waals surface area contributed by atoms with Crippen molar-refractivity contribution >= 4 is 111 Å². The number of carbonyl (C=O) groups excluding carboxylic acids is 3. The Labute approximate surface area is 672 Å². The SMILES string of the molecule is CCC(CC(CC(COPP)c1ccc(CCl)cc1)c1ccc(CCl)cc1)c1ccc(CCl)cc1.CCOC(=O)CN1CCCN(CC(=O)OCC)CCN(Cc2ccc(C(CC)CC(CC(COPP)c3ccc(CCl)cc3)c3ccc(CCl)cc3)cc2)CCCN(CC(=O)OCC)CC1.[Na+].[OH-]. The van der Waals surface area contributed by atoms with Crippen molar-refractivity contribution in [2.45, 2.75) is 157 Å². The molecular weight excluding hydrogens is 1490 g/mol. The number of carbonyl (C=O) groups is 3. The van der Waals surface area contributed by atoms with Crippen molar-refractivity contribution in [3.63, 3.8) is 0 Å². The summed E-state index contributed by atoms with van der Waals surface area (Å²) in [5.74, 6) is 3.91. The van der Waals surface area contributed by atoms with E-state index in [9.17, 15) is 14.4 Å². The van der Waals surface area contributed by atoms with Gasteiger partial charge in [-0.05, 0) is 169 Å². The van der Waals surface area contributed by atoms with Gasteiger partial charge in [0.2, 0.25) is 0 Å². The summed E-state index contributed by atoms with van der Waals surface area (Å²) in [7, 11) is 6.16. The van der Waals surface area contributed by atoms with E-state index < -0.39 is 0 Å².